The van der Waals surface area contributed by atoms with Gasteiger partial charge in [-0.1, -0.05) is 18.2 Å². The van der Waals surface area contributed by atoms with Gasteiger partial charge >= 0.3 is 0 Å². The summed E-state index contributed by atoms with van der Waals surface area (Å²) in [5, 5.41) is 0.894. The molecule has 0 fully saturated rings. The first kappa shape index (κ1) is 11.9. The molecule has 0 saturated heterocycles. The van der Waals surface area contributed by atoms with E-state index >= 15 is 0 Å². The summed E-state index contributed by atoms with van der Waals surface area (Å²) in [6.45, 7) is 1.90. The van der Waals surface area contributed by atoms with E-state index in [-0.39, 0.29) is 17.3 Å². The minimum Gasteiger partial charge on any atom is -0.452 e. The molecule has 0 atom stereocenters. The number of rotatable bonds is 2. The molecule has 102 valence electrons. The van der Waals surface area contributed by atoms with Crippen molar-refractivity contribution in [3.05, 3.63) is 65.7 Å². The number of aryl methyl sites for hydroxylation is 1. The molecule has 0 aliphatic heterocycles. The van der Waals surface area contributed by atoms with Crippen molar-refractivity contribution in [1.82, 2.24) is 4.98 Å². The molecule has 4 rings (SSSR count). The molecule has 0 aliphatic carbocycles. The van der Waals surface area contributed by atoms with Crippen LogP contribution < -0.4 is 0 Å². The van der Waals surface area contributed by atoms with Crippen LogP contribution in [0.4, 0.5) is 0 Å². The van der Waals surface area contributed by atoms with E-state index in [1.165, 1.54) is 0 Å². The molecule has 0 N–H and O–H groups in total. The molecule has 1 aromatic carbocycles. The van der Waals surface area contributed by atoms with Gasteiger partial charge in [0.1, 0.15) is 11.1 Å². The quantitative estimate of drug-likeness (QED) is 0.517. The molecule has 0 bridgehead atoms. The average Bonchev–Trinajstić information content (AvgIpc) is 3.09. The lowest BCUT2D eigenvalue weighted by Crippen LogP contribution is -1.96. The standard InChI is InChI=1S/C17H11NO3/c1-10-6-7-14-12(18-10)9-16(21-14)17(19)15-8-11-4-2-3-5-13(11)20-15/h2-9H,1H3. The summed E-state index contributed by atoms with van der Waals surface area (Å²) >= 11 is 0. The highest BCUT2D eigenvalue weighted by molar-refractivity contribution is 6.08. The summed E-state index contributed by atoms with van der Waals surface area (Å²) in [6, 6.07) is 14.5. The van der Waals surface area contributed by atoms with Gasteiger partial charge in [0.15, 0.2) is 17.1 Å². The molecule has 0 saturated carbocycles. The molecule has 0 spiro atoms. The lowest BCUT2D eigenvalue weighted by molar-refractivity contribution is 0.0987. The van der Waals surface area contributed by atoms with Crippen LogP contribution >= 0.6 is 0 Å². The molecule has 3 aromatic heterocycles. The van der Waals surface area contributed by atoms with Crippen LogP contribution in [0, 0.1) is 6.92 Å². The summed E-state index contributed by atoms with van der Waals surface area (Å²) in [7, 11) is 0. The second-order valence-electron chi connectivity index (χ2n) is 4.92. The Labute approximate surface area is 120 Å². The van der Waals surface area contributed by atoms with Gasteiger partial charge in [0.05, 0.1) is 0 Å². The van der Waals surface area contributed by atoms with Crippen LogP contribution in [0.2, 0.25) is 0 Å². The molecule has 3 heterocycles. The summed E-state index contributed by atoms with van der Waals surface area (Å²) in [6.07, 6.45) is 0. The number of nitrogens with zero attached hydrogens (tertiary/aromatic N) is 1. The van der Waals surface area contributed by atoms with Crippen molar-refractivity contribution in [2.24, 2.45) is 0 Å². The smallest absolute Gasteiger partial charge is 0.263 e. The highest BCUT2D eigenvalue weighted by Crippen LogP contribution is 2.24. The third-order valence-corrected chi connectivity index (χ3v) is 3.39. The highest BCUT2D eigenvalue weighted by Gasteiger charge is 2.19. The van der Waals surface area contributed by atoms with Crippen molar-refractivity contribution in [1.29, 1.82) is 0 Å². The number of benzene rings is 1. The maximum atomic E-state index is 12.5. The first-order valence-corrected chi connectivity index (χ1v) is 6.61. The van der Waals surface area contributed by atoms with Crippen molar-refractivity contribution >= 4 is 27.9 Å². The van der Waals surface area contributed by atoms with Crippen molar-refractivity contribution in [2.45, 2.75) is 6.92 Å². The Morgan fingerprint density at radius 2 is 1.71 bits per heavy atom. The van der Waals surface area contributed by atoms with Crippen LogP contribution in [0.15, 0.2) is 57.4 Å². The number of furan rings is 2. The lowest BCUT2D eigenvalue weighted by atomic mass is 10.2. The number of ketones is 1. The van der Waals surface area contributed by atoms with Gasteiger partial charge in [-0.3, -0.25) is 4.79 Å². The van der Waals surface area contributed by atoms with E-state index in [0.717, 1.165) is 11.1 Å². The Hall–Kier alpha value is -2.88. The summed E-state index contributed by atoms with van der Waals surface area (Å²) in [5.41, 5.74) is 2.84. The molecule has 4 nitrogen and oxygen atoms in total. The van der Waals surface area contributed by atoms with Gasteiger partial charge in [0.2, 0.25) is 0 Å². The van der Waals surface area contributed by atoms with E-state index in [1.807, 2.05) is 43.3 Å². The monoisotopic (exact) mass is 277 g/mol. The van der Waals surface area contributed by atoms with Crippen LogP contribution in [0.3, 0.4) is 0 Å². The molecule has 0 amide bonds. The largest absolute Gasteiger partial charge is 0.452 e. The zero-order valence-electron chi connectivity index (χ0n) is 11.3. The molecule has 21 heavy (non-hydrogen) atoms. The molecule has 0 aliphatic rings. The Morgan fingerprint density at radius 1 is 0.952 bits per heavy atom. The number of fused-ring (bicyclic) bond motifs is 2. The second-order valence-corrected chi connectivity index (χ2v) is 4.92. The van der Waals surface area contributed by atoms with Crippen molar-refractivity contribution in [3.8, 4) is 0 Å². The SMILES string of the molecule is Cc1ccc2oc(C(=O)c3cc4ccccc4o3)cc2n1. The first-order chi connectivity index (χ1) is 10.2. The number of carbonyl (C=O) groups is 1. The maximum Gasteiger partial charge on any atom is 0.263 e. The van der Waals surface area contributed by atoms with Gasteiger partial charge in [-0.15, -0.1) is 0 Å². The predicted octanol–water partition coefficient (Wildman–Crippen LogP) is 4.11. The third kappa shape index (κ3) is 1.92. The minimum atomic E-state index is -0.276. The predicted molar refractivity (Wildman–Crippen MR) is 78.4 cm³/mol. The van der Waals surface area contributed by atoms with Crippen LogP contribution in [0.5, 0.6) is 0 Å². The fourth-order valence-corrected chi connectivity index (χ4v) is 2.35. The Morgan fingerprint density at radius 3 is 2.57 bits per heavy atom. The number of carbonyl (C=O) groups excluding carboxylic acids is 1. The number of pyridine rings is 1. The summed E-state index contributed by atoms with van der Waals surface area (Å²) in [4.78, 5) is 16.8. The summed E-state index contributed by atoms with van der Waals surface area (Å²) < 4.78 is 11.1. The fourth-order valence-electron chi connectivity index (χ4n) is 2.35. The highest BCUT2D eigenvalue weighted by atomic mass is 16.4. The number of hydrogen-bond donors (Lipinski definition) is 0. The van der Waals surface area contributed by atoms with E-state index in [1.54, 1.807) is 12.1 Å². The number of para-hydroxylation sites is 1. The molecule has 4 heteroatoms. The third-order valence-electron chi connectivity index (χ3n) is 3.39. The van der Waals surface area contributed by atoms with Gasteiger partial charge in [-0.2, -0.15) is 0 Å². The summed E-state index contributed by atoms with van der Waals surface area (Å²) in [5.74, 6) is 0.232. The van der Waals surface area contributed by atoms with Crippen LogP contribution in [-0.2, 0) is 0 Å². The average molecular weight is 277 g/mol. The molecular formula is C17H11NO3. The Kier molecular flexibility index (Phi) is 2.44. The van der Waals surface area contributed by atoms with Crippen LogP contribution in [-0.4, -0.2) is 10.8 Å². The van der Waals surface area contributed by atoms with E-state index in [0.29, 0.717) is 16.7 Å². The van der Waals surface area contributed by atoms with Gasteiger partial charge in [-0.05, 0) is 31.2 Å². The topological polar surface area (TPSA) is 56.2 Å². The van der Waals surface area contributed by atoms with E-state index in [2.05, 4.69) is 4.98 Å². The zero-order chi connectivity index (χ0) is 14.4. The number of aromatic nitrogens is 1. The Bertz CT molecular complexity index is 945. The molecular weight excluding hydrogens is 266 g/mol. The first-order valence-electron chi connectivity index (χ1n) is 6.61. The fraction of sp³-hybridized carbons (Fsp3) is 0.0588. The van der Waals surface area contributed by atoms with E-state index in [9.17, 15) is 4.79 Å². The molecule has 4 aromatic rings. The van der Waals surface area contributed by atoms with Crippen LogP contribution in [0.25, 0.3) is 22.1 Å². The van der Waals surface area contributed by atoms with E-state index < -0.39 is 0 Å². The minimum absolute atomic E-state index is 0.238. The van der Waals surface area contributed by atoms with Gasteiger partial charge < -0.3 is 8.83 Å². The molecule has 0 radical (unpaired) electrons. The second kappa shape index (κ2) is 4.31. The van der Waals surface area contributed by atoms with Gasteiger partial charge in [-0.25, -0.2) is 4.98 Å². The van der Waals surface area contributed by atoms with Crippen molar-refractivity contribution in [2.75, 3.05) is 0 Å². The van der Waals surface area contributed by atoms with Crippen LogP contribution in [0.1, 0.15) is 22.0 Å². The van der Waals surface area contributed by atoms with Gasteiger partial charge in [0, 0.05) is 17.1 Å². The molecule has 0 unspecified atom stereocenters. The zero-order valence-corrected chi connectivity index (χ0v) is 11.3. The lowest BCUT2D eigenvalue weighted by Gasteiger charge is -1.90. The van der Waals surface area contributed by atoms with Crippen molar-refractivity contribution < 1.29 is 13.6 Å². The normalized spacial score (nSPS) is 11.3. The Balaban J connectivity index is 1.81. The maximum absolute atomic E-state index is 12.5. The van der Waals surface area contributed by atoms with Gasteiger partial charge in [0.25, 0.3) is 5.78 Å². The van der Waals surface area contributed by atoms with Crippen molar-refractivity contribution in [3.63, 3.8) is 0 Å². The van der Waals surface area contributed by atoms with E-state index in [4.69, 9.17) is 8.83 Å². The number of hydrogen-bond acceptors (Lipinski definition) is 4.